The van der Waals surface area contributed by atoms with Crippen molar-refractivity contribution >= 4 is 30.6 Å². The molecule has 0 amide bonds. The standard InChI is InChI=1S/C29H26B2N4O6S/c1-17(2)42(36,37)22-11-9-20(10-12-22)24-15-32-27(29(31-41-29)34-28-30-39-28)26(33-24)25-14-23(35-40-25)19-7-5-18(6-8-19)21-4-3-13-38-16-21/h5-12,14-15,17,21H,3-4,13,16H2,1-2H3/t21-,29?/m0/s1. The first-order chi connectivity index (χ1) is 20.3. The van der Waals surface area contributed by atoms with Gasteiger partial charge in [0.2, 0.25) is 0 Å². The summed E-state index contributed by atoms with van der Waals surface area (Å²) >= 11 is 0. The van der Waals surface area contributed by atoms with Crippen molar-refractivity contribution in [2.75, 3.05) is 13.2 Å². The van der Waals surface area contributed by atoms with Crippen LogP contribution in [0, 0.1) is 0 Å². The molecule has 5 heterocycles. The smallest absolute Gasteiger partial charge is 0.474 e. The highest BCUT2D eigenvalue weighted by atomic mass is 32.2. The Morgan fingerprint density at radius 1 is 1.05 bits per heavy atom. The van der Waals surface area contributed by atoms with Crippen molar-refractivity contribution in [3.05, 3.63) is 72.1 Å². The number of hydrogen-bond donors (Lipinski definition) is 0. The van der Waals surface area contributed by atoms with Gasteiger partial charge in [0.1, 0.15) is 17.1 Å². The van der Waals surface area contributed by atoms with Gasteiger partial charge < -0.3 is 18.6 Å². The van der Waals surface area contributed by atoms with Gasteiger partial charge in [-0.25, -0.2) is 18.4 Å². The van der Waals surface area contributed by atoms with Gasteiger partial charge in [-0.05, 0) is 44.4 Å². The first kappa shape index (κ1) is 27.1. The van der Waals surface area contributed by atoms with Gasteiger partial charge in [-0.2, -0.15) is 0 Å². The Morgan fingerprint density at radius 3 is 2.40 bits per heavy atom. The van der Waals surface area contributed by atoms with Crippen LogP contribution >= 0.6 is 0 Å². The first-order valence-electron chi connectivity index (χ1n) is 13.8. The fraction of sp³-hybridized carbons (Fsp3) is 0.310. The average Bonchev–Trinajstić information content (AvgIpc) is 3.96. The van der Waals surface area contributed by atoms with Crippen LogP contribution in [-0.2, 0) is 29.5 Å². The van der Waals surface area contributed by atoms with Gasteiger partial charge in [0.25, 0.3) is 0 Å². The van der Waals surface area contributed by atoms with Gasteiger partial charge in [-0.3, -0.25) is 4.98 Å². The minimum atomic E-state index is -3.40. The summed E-state index contributed by atoms with van der Waals surface area (Å²) in [6.45, 7) is 4.89. The van der Waals surface area contributed by atoms with Crippen LogP contribution < -0.4 is 0 Å². The van der Waals surface area contributed by atoms with E-state index < -0.39 is 20.7 Å². The fourth-order valence-electron chi connectivity index (χ4n) is 5.02. The summed E-state index contributed by atoms with van der Waals surface area (Å²) in [4.78, 5) is 14.3. The summed E-state index contributed by atoms with van der Waals surface area (Å²) < 4.78 is 47.4. The van der Waals surface area contributed by atoms with E-state index >= 15 is 0 Å². The predicted molar refractivity (Wildman–Crippen MR) is 156 cm³/mol. The Hall–Kier alpha value is -3.80. The second-order valence-corrected chi connectivity index (χ2v) is 13.3. The van der Waals surface area contributed by atoms with Gasteiger partial charge in [-0.15, -0.1) is 0 Å². The normalized spacial score (nSPS) is 22.4. The van der Waals surface area contributed by atoms with E-state index in [-0.39, 0.29) is 4.90 Å². The van der Waals surface area contributed by atoms with E-state index in [0.29, 0.717) is 45.8 Å². The molecule has 2 aromatic heterocycles. The maximum absolute atomic E-state index is 12.6. The Kier molecular flexibility index (Phi) is 6.75. The molecule has 2 radical (unpaired) electrons. The van der Waals surface area contributed by atoms with Crippen molar-refractivity contribution in [1.29, 1.82) is 0 Å². The van der Waals surface area contributed by atoms with Crippen LogP contribution in [0.1, 0.15) is 43.9 Å². The van der Waals surface area contributed by atoms with E-state index in [0.717, 1.165) is 31.6 Å². The third-order valence-electron chi connectivity index (χ3n) is 7.63. The summed E-state index contributed by atoms with van der Waals surface area (Å²) in [5.41, 5.74) is 3.71. The molecule has 3 fully saturated rings. The van der Waals surface area contributed by atoms with E-state index in [2.05, 4.69) is 27.3 Å². The second-order valence-electron chi connectivity index (χ2n) is 10.8. The Balaban J connectivity index is 1.24. The lowest BCUT2D eigenvalue weighted by Crippen LogP contribution is -2.15. The van der Waals surface area contributed by atoms with Crippen LogP contribution in [-0.4, -0.2) is 62.8 Å². The van der Waals surface area contributed by atoms with Crippen molar-refractivity contribution in [1.82, 2.24) is 15.1 Å². The minimum Gasteiger partial charge on any atom is -0.549 e. The lowest BCUT2D eigenvalue weighted by atomic mass is 9.91. The molecule has 3 aliphatic heterocycles. The van der Waals surface area contributed by atoms with Crippen LogP contribution in [0.2, 0.25) is 0 Å². The van der Waals surface area contributed by atoms with Crippen LogP contribution in [0.25, 0.3) is 34.0 Å². The highest BCUT2D eigenvalue weighted by Crippen LogP contribution is 2.43. The van der Waals surface area contributed by atoms with Gasteiger partial charge in [0.15, 0.2) is 27.0 Å². The van der Waals surface area contributed by atoms with Gasteiger partial charge in [0, 0.05) is 29.7 Å². The molecule has 0 saturated carbocycles. The van der Waals surface area contributed by atoms with Crippen molar-refractivity contribution in [2.24, 2.45) is 4.99 Å². The fourth-order valence-corrected chi connectivity index (χ4v) is 6.08. The monoisotopic (exact) mass is 580 g/mol. The molecule has 3 aliphatic rings. The molecule has 4 aromatic rings. The minimum absolute atomic E-state index is 0.254. The summed E-state index contributed by atoms with van der Waals surface area (Å²) in [5.74, 6) is 1.24. The molecule has 10 nitrogen and oxygen atoms in total. The molecule has 0 N–H and O–H groups in total. The molecular weight excluding hydrogens is 554 g/mol. The molecule has 210 valence electrons. The van der Waals surface area contributed by atoms with E-state index in [9.17, 15) is 8.42 Å². The van der Waals surface area contributed by atoms with E-state index in [1.54, 1.807) is 51.8 Å². The van der Waals surface area contributed by atoms with Crippen LogP contribution in [0.5, 0.6) is 0 Å². The number of sulfone groups is 1. The molecule has 42 heavy (non-hydrogen) atoms. The molecule has 1 unspecified atom stereocenters. The maximum Gasteiger partial charge on any atom is 0.474 e. The molecule has 7 rings (SSSR count). The molecule has 0 aliphatic carbocycles. The zero-order chi connectivity index (χ0) is 28.9. The van der Waals surface area contributed by atoms with Crippen molar-refractivity contribution in [3.63, 3.8) is 0 Å². The Labute approximate surface area is 245 Å². The van der Waals surface area contributed by atoms with Crippen LogP contribution in [0.15, 0.2) is 75.2 Å². The van der Waals surface area contributed by atoms with Crippen molar-refractivity contribution in [3.8, 4) is 34.0 Å². The van der Waals surface area contributed by atoms with E-state index in [4.69, 9.17) is 23.6 Å². The lowest BCUT2D eigenvalue weighted by Gasteiger charge is -2.22. The summed E-state index contributed by atoms with van der Waals surface area (Å²) in [6, 6.07) is 16.7. The van der Waals surface area contributed by atoms with Crippen LogP contribution in [0.3, 0.4) is 0 Å². The molecule has 2 atom stereocenters. The third kappa shape index (κ3) is 5.16. The largest absolute Gasteiger partial charge is 0.549 e. The maximum atomic E-state index is 12.6. The number of aliphatic imine (C=N–C) groups is 1. The molecule has 0 spiro atoms. The highest BCUT2D eigenvalue weighted by molar-refractivity contribution is 7.92. The number of ether oxygens (including phenoxy) is 1. The molecule has 2 aromatic carbocycles. The van der Waals surface area contributed by atoms with Crippen molar-refractivity contribution < 1.29 is 27.0 Å². The van der Waals surface area contributed by atoms with Gasteiger partial charge in [0.05, 0.1) is 28.6 Å². The quantitative estimate of drug-likeness (QED) is 0.221. The Bertz CT molecular complexity index is 1760. The molecule has 13 heteroatoms. The zero-order valence-corrected chi connectivity index (χ0v) is 23.9. The number of benzene rings is 2. The highest BCUT2D eigenvalue weighted by Gasteiger charge is 2.54. The van der Waals surface area contributed by atoms with Crippen LogP contribution in [0.4, 0.5) is 0 Å². The van der Waals surface area contributed by atoms with E-state index in [1.165, 1.54) is 13.0 Å². The number of nitrogens with zero attached hydrogens (tertiary/aromatic N) is 4. The SMILES string of the molecule is CC(C)S(=O)(=O)c1ccc(-c2cnc(C3(N=C4[B]O4)[B]O3)c(-c3cc(-c4ccc([C@H]5CCCOC5)cc4)no3)n2)cc1. The summed E-state index contributed by atoms with van der Waals surface area (Å²) in [5, 5.41) is 3.81. The molecule has 0 bridgehead atoms. The average molecular weight is 580 g/mol. The number of hydrogen-bond acceptors (Lipinski definition) is 10. The lowest BCUT2D eigenvalue weighted by molar-refractivity contribution is 0.0804. The summed E-state index contributed by atoms with van der Waals surface area (Å²) in [7, 11) is -0.329. The summed E-state index contributed by atoms with van der Waals surface area (Å²) in [6.07, 6.45) is 3.79. The van der Waals surface area contributed by atoms with E-state index in [1.807, 2.05) is 18.2 Å². The van der Waals surface area contributed by atoms with Gasteiger partial charge in [-0.1, -0.05) is 41.6 Å². The predicted octanol–water partition coefficient (Wildman–Crippen LogP) is 4.31. The topological polar surface area (TPSA) is 133 Å². The Morgan fingerprint density at radius 2 is 1.76 bits per heavy atom. The second kappa shape index (κ2) is 10.5. The molecule has 3 saturated heterocycles. The number of aromatic nitrogens is 3. The third-order valence-corrected chi connectivity index (χ3v) is 9.80. The first-order valence-corrected chi connectivity index (χ1v) is 15.4. The molecular formula is C29H26B2N4O6S. The number of rotatable bonds is 8. The van der Waals surface area contributed by atoms with Crippen molar-refractivity contribution in [2.45, 2.75) is 48.4 Å². The van der Waals surface area contributed by atoms with Gasteiger partial charge >= 0.3 is 15.0 Å². The zero-order valence-electron chi connectivity index (χ0n) is 23.1.